The summed E-state index contributed by atoms with van der Waals surface area (Å²) in [6, 6.07) is -3.70. The Morgan fingerprint density at radius 3 is 1.00 bits per heavy atom. The van der Waals surface area contributed by atoms with Crippen molar-refractivity contribution < 1.29 is 0 Å². The Balaban J connectivity index is 5.30. The molecule has 0 spiro atoms. The van der Waals surface area contributed by atoms with Gasteiger partial charge in [0.15, 0.2) is 8.29 Å². The third kappa shape index (κ3) is 3.32. The molecule has 0 atom stereocenters. The van der Waals surface area contributed by atoms with E-state index in [1.54, 1.807) is 0 Å². The largest absolute Gasteiger partial charge is 0.379 e. The fraction of sp³-hybridized carbons (Fsp3) is 1.00. The van der Waals surface area contributed by atoms with E-state index in [0.29, 0.717) is 0 Å². The van der Waals surface area contributed by atoms with Gasteiger partial charge < -0.3 is 0 Å². The molecule has 0 aromatic carbocycles. The first-order valence-electron chi connectivity index (χ1n) is 2.64. The van der Waals surface area contributed by atoms with Gasteiger partial charge in [0, 0.05) is 0 Å². The lowest BCUT2D eigenvalue weighted by atomic mass is 10.5. The molecule has 0 aliphatic heterocycles. The lowest BCUT2D eigenvalue weighted by molar-refractivity contribution is 0.810. The molecule has 0 saturated heterocycles. The summed E-state index contributed by atoms with van der Waals surface area (Å²) in [7, 11) is 0. The van der Waals surface area contributed by atoms with Crippen molar-refractivity contribution in [3.8, 4) is 0 Å². The average Bonchev–Trinajstić information content (AvgIpc) is 1.81. The van der Waals surface area contributed by atoms with Crippen LogP contribution in [0.25, 0.3) is 0 Å². The highest BCUT2D eigenvalue weighted by atomic mass is 35.8. The van der Waals surface area contributed by atoms with Crippen molar-refractivity contribution in [1.29, 1.82) is 0 Å². The molecule has 0 N–H and O–H groups in total. The van der Waals surface area contributed by atoms with Crippen LogP contribution in [0, 0.1) is 0 Å². The Morgan fingerprint density at radius 1 is 0.643 bits per heavy atom. The van der Waals surface area contributed by atoms with Crippen LogP contribution in [0.5, 0.6) is 0 Å². The van der Waals surface area contributed by atoms with Crippen LogP contribution in [0.2, 0.25) is 0 Å². The molecule has 14 heavy (non-hydrogen) atoms. The van der Waals surface area contributed by atoms with Gasteiger partial charge in [-0.2, -0.15) is 0 Å². The molecule has 0 unspecified atom stereocenters. The summed E-state index contributed by atoms with van der Waals surface area (Å²) >= 11 is 55.9. The van der Waals surface area contributed by atoms with Crippen LogP contribution < -0.4 is 0 Å². The maximum absolute atomic E-state index is 5.70. The van der Waals surface area contributed by atoms with E-state index < -0.39 is 18.1 Å². The fourth-order valence-corrected chi connectivity index (χ4v) is 5.13. The van der Waals surface area contributed by atoms with Crippen LogP contribution in [0.1, 0.15) is 0 Å². The van der Waals surface area contributed by atoms with E-state index in [1.807, 2.05) is 0 Å². The van der Waals surface area contributed by atoms with Gasteiger partial charge in [-0.25, -0.2) is 0 Å². The predicted octanol–water partition coefficient (Wildman–Crippen LogP) is 5.90. The van der Waals surface area contributed by atoms with Gasteiger partial charge in [0.1, 0.15) is 0 Å². The minimum Gasteiger partial charge on any atom is -0.123 e. The summed E-state index contributed by atoms with van der Waals surface area (Å²) in [6.07, 6.45) is 0. The Labute approximate surface area is 131 Å². The number of halogens is 10. The van der Waals surface area contributed by atoms with E-state index in [9.17, 15) is 0 Å². The van der Waals surface area contributed by atoms with Crippen molar-refractivity contribution in [2.45, 2.75) is 12.1 Å². The molecule has 0 radical (unpaired) electrons. The Morgan fingerprint density at radius 2 is 0.929 bits per heavy atom. The van der Waals surface area contributed by atoms with Crippen LogP contribution >= 0.6 is 114 Å². The third-order valence-electron chi connectivity index (χ3n) is 1.11. The van der Waals surface area contributed by atoms with E-state index in [1.165, 1.54) is 0 Å². The van der Waals surface area contributed by atoms with E-state index in [2.05, 4.69) is 0 Å². The van der Waals surface area contributed by atoms with Gasteiger partial charge in [-0.05, 0) is 0 Å². The first-order chi connectivity index (χ1) is 5.75. The maximum Gasteiger partial charge on any atom is 0.379 e. The molecule has 0 bridgehead atoms. The van der Waals surface area contributed by atoms with Crippen molar-refractivity contribution in [3.63, 3.8) is 0 Å². The number of rotatable bonds is 2. The molecule has 0 amide bonds. The monoisotopic (exact) mass is 414 g/mol. The van der Waals surface area contributed by atoms with E-state index in [4.69, 9.17) is 114 Å². The van der Waals surface area contributed by atoms with Gasteiger partial charge in [-0.1, -0.05) is 81.2 Å². The predicted molar refractivity (Wildman–Crippen MR) is 72.5 cm³/mol. The lowest BCUT2D eigenvalue weighted by Gasteiger charge is -2.39. The molecule has 86 valence electrons. The third-order valence-corrected chi connectivity index (χ3v) is 12.0. The second-order valence-electron chi connectivity index (χ2n) is 2.14. The molecule has 0 saturated carbocycles. The zero-order chi connectivity index (χ0) is 12.0. The molecule has 0 fully saturated rings. The highest BCUT2D eigenvalue weighted by molar-refractivity contribution is 7.68. The summed E-state index contributed by atoms with van der Waals surface area (Å²) in [5.41, 5.74) is 0. The van der Waals surface area contributed by atoms with Crippen LogP contribution in [0.15, 0.2) is 0 Å². The topological polar surface area (TPSA) is 0 Å². The van der Waals surface area contributed by atoms with Crippen molar-refractivity contribution in [3.05, 3.63) is 0 Å². The zero-order valence-electron chi connectivity index (χ0n) is 5.78. The van der Waals surface area contributed by atoms with Gasteiger partial charge in [-0.15, -0.1) is 33.2 Å². The Hall–Kier alpha value is 3.12. The van der Waals surface area contributed by atoms with Crippen molar-refractivity contribution >= 4 is 120 Å². The quantitative estimate of drug-likeness (QED) is 0.298. The average molecular weight is 419 g/mol. The molecular weight excluding hydrogens is 419 g/mol. The number of alkyl halides is 7. The normalized spacial score (nSPS) is 15.9. The fourth-order valence-electron chi connectivity index (χ4n) is 0.356. The molecule has 0 nitrogen and oxygen atoms in total. The summed E-state index contributed by atoms with van der Waals surface area (Å²) in [4.78, 5) is 0. The molecule has 0 heterocycles. The van der Waals surface area contributed by atoms with Gasteiger partial charge in [0.25, 0.3) is 0 Å². The molecule has 0 aromatic rings. The van der Waals surface area contributed by atoms with Crippen molar-refractivity contribution in [1.82, 2.24) is 0 Å². The SMILES string of the molecule is ClC(Cl)(Cl)C(Cl)(Cl)C(Cl)(Cl)[Si](Cl)(Cl)Cl. The van der Waals surface area contributed by atoms with Crippen LogP contribution in [-0.4, -0.2) is 18.1 Å². The molecule has 0 aromatic heterocycles. The van der Waals surface area contributed by atoms with Crippen LogP contribution in [0.4, 0.5) is 0 Å². The summed E-state index contributed by atoms with van der Waals surface area (Å²) in [6.45, 7) is 0. The standard InChI is InChI=1S/C3Cl10Si/c4-1(5,2(6,7)8)3(9,10)14(11,12)13. The van der Waals surface area contributed by atoms with E-state index in [0.717, 1.165) is 0 Å². The van der Waals surface area contributed by atoms with Crippen molar-refractivity contribution in [2.75, 3.05) is 0 Å². The smallest absolute Gasteiger partial charge is 0.123 e. The first kappa shape index (κ1) is 17.1. The van der Waals surface area contributed by atoms with Gasteiger partial charge in [-0.3, -0.25) is 0 Å². The second kappa shape index (κ2) is 5.01. The molecule has 0 rings (SSSR count). The lowest BCUT2D eigenvalue weighted by Crippen LogP contribution is -2.56. The highest BCUT2D eigenvalue weighted by Gasteiger charge is 2.69. The zero-order valence-corrected chi connectivity index (χ0v) is 14.3. The van der Waals surface area contributed by atoms with Gasteiger partial charge >= 0.3 is 6.00 Å². The van der Waals surface area contributed by atoms with Crippen molar-refractivity contribution in [2.24, 2.45) is 0 Å². The minimum atomic E-state index is -3.70. The van der Waals surface area contributed by atoms with Gasteiger partial charge in [0.05, 0.1) is 0 Å². The number of hydrogen-bond donors (Lipinski definition) is 0. The highest BCUT2D eigenvalue weighted by Crippen LogP contribution is 2.61. The van der Waals surface area contributed by atoms with E-state index >= 15 is 0 Å². The summed E-state index contributed by atoms with van der Waals surface area (Å²) < 4.78 is -6.61. The minimum absolute atomic E-state index is 2.17. The molecule has 0 aliphatic rings. The molecular formula is C3Cl10Si. The molecule has 0 aliphatic carbocycles. The Kier molecular flexibility index (Phi) is 6.12. The summed E-state index contributed by atoms with van der Waals surface area (Å²) in [5.74, 6) is 0. The Bertz CT molecular complexity index is 184. The number of hydrogen-bond acceptors (Lipinski definition) is 0. The summed E-state index contributed by atoms with van der Waals surface area (Å²) in [5, 5.41) is 0. The van der Waals surface area contributed by atoms with Gasteiger partial charge in [0.2, 0.25) is 3.79 Å². The first-order valence-corrected chi connectivity index (χ1v) is 10.3. The van der Waals surface area contributed by atoms with Crippen LogP contribution in [0.3, 0.4) is 0 Å². The maximum atomic E-state index is 5.70. The second-order valence-corrected chi connectivity index (χ2v) is 16.3. The molecule has 11 heteroatoms. The van der Waals surface area contributed by atoms with E-state index in [-0.39, 0.29) is 0 Å². The van der Waals surface area contributed by atoms with Crippen LogP contribution in [-0.2, 0) is 0 Å².